The van der Waals surface area contributed by atoms with Crippen molar-refractivity contribution in [1.82, 2.24) is 20.2 Å². The average Bonchev–Trinajstić information content (AvgIpc) is 3.39. The number of aryl methyl sites for hydroxylation is 2. The van der Waals surface area contributed by atoms with Crippen molar-refractivity contribution in [2.24, 2.45) is 0 Å². The summed E-state index contributed by atoms with van der Waals surface area (Å²) in [6.07, 6.45) is 9.07. The highest BCUT2D eigenvalue weighted by molar-refractivity contribution is 6.05. The zero-order valence-electron chi connectivity index (χ0n) is 15.6. The zero-order chi connectivity index (χ0) is 19.8. The van der Waals surface area contributed by atoms with Crippen LogP contribution < -0.4 is 10.6 Å². The van der Waals surface area contributed by atoms with Crippen LogP contribution in [0.3, 0.4) is 0 Å². The van der Waals surface area contributed by atoms with Gasteiger partial charge in [-0.2, -0.15) is 0 Å². The predicted octanol–water partition coefficient (Wildman–Crippen LogP) is 2.76. The van der Waals surface area contributed by atoms with E-state index < -0.39 is 0 Å². The highest BCUT2D eigenvalue weighted by atomic mass is 16.3. The van der Waals surface area contributed by atoms with Gasteiger partial charge in [0.1, 0.15) is 11.5 Å². The smallest absolute Gasteiger partial charge is 0.267 e. The molecule has 0 aliphatic heterocycles. The molecule has 0 unspecified atom stereocenters. The van der Waals surface area contributed by atoms with Crippen LogP contribution >= 0.6 is 0 Å². The van der Waals surface area contributed by atoms with E-state index in [0.29, 0.717) is 17.9 Å². The highest BCUT2D eigenvalue weighted by Crippen LogP contribution is 2.10. The number of benzene rings is 1. The summed E-state index contributed by atoms with van der Waals surface area (Å²) in [5.74, 6) is -0.234. The quantitative estimate of drug-likeness (QED) is 0.466. The van der Waals surface area contributed by atoms with Crippen molar-refractivity contribution in [1.29, 1.82) is 0 Å². The lowest BCUT2D eigenvalue weighted by Gasteiger charge is -2.12. The summed E-state index contributed by atoms with van der Waals surface area (Å²) in [6, 6.07) is 10.6. The molecule has 2 amide bonds. The molecule has 0 aliphatic rings. The summed E-state index contributed by atoms with van der Waals surface area (Å²) >= 11 is 0. The molecule has 0 aliphatic carbocycles. The molecule has 144 valence electrons. The molecule has 7 nitrogen and oxygen atoms in total. The van der Waals surface area contributed by atoms with Crippen molar-refractivity contribution in [2.45, 2.75) is 19.9 Å². The Morgan fingerprint density at radius 2 is 2.07 bits per heavy atom. The minimum atomic E-state index is -0.371. The third-order valence-electron chi connectivity index (χ3n) is 4.15. The number of amides is 2. The number of furan rings is 1. The van der Waals surface area contributed by atoms with Crippen LogP contribution in [-0.4, -0.2) is 27.9 Å². The van der Waals surface area contributed by atoms with Gasteiger partial charge in [0.2, 0.25) is 0 Å². The van der Waals surface area contributed by atoms with Gasteiger partial charge in [-0.1, -0.05) is 18.2 Å². The van der Waals surface area contributed by atoms with Crippen molar-refractivity contribution >= 4 is 17.9 Å². The molecule has 0 bridgehead atoms. The summed E-state index contributed by atoms with van der Waals surface area (Å²) in [5.41, 5.74) is 1.48. The predicted molar refractivity (Wildman–Crippen MR) is 105 cm³/mol. The van der Waals surface area contributed by atoms with E-state index in [1.807, 2.05) is 29.8 Å². The molecule has 3 rings (SSSR count). The number of carbonyl (C=O) groups excluding carboxylic acids is 2. The molecule has 3 aromatic rings. The molecule has 2 N–H and O–H groups in total. The van der Waals surface area contributed by atoms with Crippen molar-refractivity contribution in [3.63, 3.8) is 0 Å². The second-order valence-corrected chi connectivity index (χ2v) is 6.25. The van der Waals surface area contributed by atoms with Gasteiger partial charge in [-0.25, -0.2) is 4.98 Å². The van der Waals surface area contributed by atoms with Crippen LogP contribution in [0.4, 0.5) is 0 Å². The highest BCUT2D eigenvalue weighted by Gasteiger charge is 2.16. The molecule has 0 fully saturated rings. The standard InChI is InChI=1S/C21H22N4O3/c1-16-6-2-3-8-18(16)20(26)24-19(14-17-7-4-13-28-17)21(27)23-9-5-11-25-12-10-22-15-25/h2-4,6-8,10,12-15H,5,9,11H2,1H3,(H,23,27)(H,24,26)/b19-14-. The number of imidazole rings is 1. The molecule has 7 heteroatoms. The minimum Gasteiger partial charge on any atom is -0.465 e. The van der Waals surface area contributed by atoms with Crippen molar-refractivity contribution in [3.8, 4) is 0 Å². The molecular weight excluding hydrogens is 356 g/mol. The van der Waals surface area contributed by atoms with Gasteiger partial charge in [0.15, 0.2) is 0 Å². The number of hydrogen-bond donors (Lipinski definition) is 2. The van der Waals surface area contributed by atoms with Crippen molar-refractivity contribution in [3.05, 3.63) is 84.0 Å². The van der Waals surface area contributed by atoms with Gasteiger partial charge < -0.3 is 19.6 Å². The maximum atomic E-state index is 12.6. The van der Waals surface area contributed by atoms with E-state index in [2.05, 4.69) is 15.6 Å². The van der Waals surface area contributed by atoms with Crippen LogP contribution in [0.1, 0.15) is 28.1 Å². The molecule has 0 radical (unpaired) electrons. The van der Waals surface area contributed by atoms with Crippen molar-refractivity contribution in [2.75, 3.05) is 6.54 Å². The van der Waals surface area contributed by atoms with Gasteiger partial charge in [-0.05, 0) is 37.1 Å². The Kier molecular flexibility index (Phi) is 6.41. The molecule has 0 spiro atoms. The SMILES string of the molecule is Cc1ccccc1C(=O)N/C(=C\c1ccco1)C(=O)NCCCn1ccnc1. The van der Waals surface area contributed by atoms with Gasteiger partial charge in [0.25, 0.3) is 11.8 Å². The molecule has 2 aromatic heterocycles. The summed E-state index contributed by atoms with van der Waals surface area (Å²) in [7, 11) is 0. The molecule has 0 saturated heterocycles. The normalized spacial score (nSPS) is 11.2. The van der Waals surface area contributed by atoms with E-state index in [-0.39, 0.29) is 17.5 Å². The lowest BCUT2D eigenvalue weighted by atomic mass is 10.1. The van der Waals surface area contributed by atoms with Crippen LogP contribution in [0.5, 0.6) is 0 Å². The Labute approximate surface area is 163 Å². The Hall–Kier alpha value is -3.61. The Morgan fingerprint density at radius 1 is 1.21 bits per heavy atom. The van der Waals surface area contributed by atoms with Crippen LogP contribution in [-0.2, 0) is 11.3 Å². The Morgan fingerprint density at radius 3 is 2.79 bits per heavy atom. The summed E-state index contributed by atoms with van der Waals surface area (Å²) in [5, 5.41) is 5.53. The summed E-state index contributed by atoms with van der Waals surface area (Å²) in [6.45, 7) is 3.06. The van der Waals surface area contributed by atoms with Gasteiger partial charge in [0, 0.05) is 37.1 Å². The number of hydrogen-bond acceptors (Lipinski definition) is 4. The third-order valence-corrected chi connectivity index (χ3v) is 4.15. The number of nitrogens with one attached hydrogen (secondary N) is 2. The Bertz CT molecular complexity index is 944. The number of rotatable bonds is 8. The third kappa shape index (κ3) is 5.20. The van der Waals surface area contributed by atoms with Gasteiger partial charge in [-0.15, -0.1) is 0 Å². The van der Waals surface area contributed by atoms with Crippen LogP contribution in [0.25, 0.3) is 6.08 Å². The van der Waals surface area contributed by atoms with E-state index >= 15 is 0 Å². The molecular formula is C21H22N4O3. The van der Waals surface area contributed by atoms with Crippen LogP contribution in [0.2, 0.25) is 0 Å². The van der Waals surface area contributed by atoms with Crippen LogP contribution in [0.15, 0.2) is 71.5 Å². The average molecular weight is 378 g/mol. The molecule has 0 atom stereocenters. The van der Waals surface area contributed by atoms with E-state index in [4.69, 9.17) is 4.42 Å². The summed E-state index contributed by atoms with van der Waals surface area (Å²) in [4.78, 5) is 29.2. The fourth-order valence-electron chi connectivity index (χ4n) is 2.67. The maximum Gasteiger partial charge on any atom is 0.267 e. The van der Waals surface area contributed by atoms with E-state index in [9.17, 15) is 9.59 Å². The zero-order valence-corrected chi connectivity index (χ0v) is 15.6. The topological polar surface area (TPSA) is 89.2 Å². The van der Waals surface area contributed by atoms with E-state index in [1.165, 1.54) is 12.3 Å². The second-order valence-electron chi connectivity index (χ2n) is 6.25. The first-order chi connectivity index (χ1) is 13.6. The van der Waals surface area contributed by atoms with E-state index in [0.717, 1.165) is 18.5 Å². The first-order valence-electron chi connectivity index (χ1n) is 8.99. The molecule has 28 heavy (non-hydrogen) atoms. The second kappa shape index (κ2) is 9.36. The largest absolute Gasteiger partial charge is 0.465 e. The van der Waals surface area contributed by atoms with Crippen molar-refractivity contribution < 1.29 is 14.0 Å². The van der Waals surface area contributed by atoms with Gasteiger partial charge in [0.05, 0.1) is 12.6 Å². The first-order valence-corrected chi connectivity index (χ1v) is 8.99. The molecule has 1 aromatic carbocycles. The maximum absolute atomic E-state index is 12.6. The molecule has 0 saturated carbocycles. The van der Waals surface area contributed by atoms with Gasteiger partial charge >= 0.3 is 0 Å². The summed E-state index contributed by atoms with van der Waals surface area (Å²) < 4.78 is 7.22. The number of aromatic nitrogens is 2. The fraction of sp³-hybridized carbons (Fsp3) is 0.190. The first kappa shape index (κ1) is 19.2. The number of carbonyl (C=O) groups is 2. The Balaban J connectivity index is 1.65. The lowest BCUT2D eigenvalue weighted by molar-refractivity contribution is -0.117. The number of nitrogens with zero attached hydrogens (tertiary/aromatic N) is 2. The van der Waals surface area contributed by atoms with Crippen LogP contribution in [0, 0.1) is 6.92 Å². The minimum absolute atomic E-state index is 0.130. The molecule has 2 heterocycles. The lowest BCUT2D eigenvalue weighted by Crippen LogP contribution is -2.35. The fourth-order valence-corrected chi connectivity index (χ4v) is 2.67. The monoisotopic (exact) mass is 378 g/mol. The van der Waals surface area contributed by atoms with E-state index in [1.54, 1.807) is 36.8 Å². The van der Waals surface area contributed by atoms with Gasteiger partial charge in [-0.3, -0.25) is 9.59 Å².